The lowest BCUT2D eigenvalue weighted by atomic mass is 9.94. The molecule has 1 aliphatic rings. The van der Waals surface area contributed by atoms with Gasteiger partial charge in [-0.15, -0.1) is 0 Å². The molecule has 4 heteroatoms. The second kappa shape index (κ2) is 5.43. The Bertz CT molecular complexity index is 466. The van der Waals surface area contributed by atoms with Crippen LogP contribution in [0.5, 0.6) is 0 Å². The standard InChI is InChI=1S/C15H19NO3/c1-2-16(11-8-13(17)18)14(19)15(9-10-15)12-6-4-3-5-7-12/h3-7H,2,8-11H2,1H3,(H,17,18). The Balaban J connectivity index is 2.12. The Labute approximate surface area is 113 Å². The van der Waals surface area contributed by atoms with Crippen LogP contribution in [0.3, 0.4) is 0 Å². The summed E-state index contributed by atoms with van der Waals surface area (Å²) < 4.78 is 0. The number of likely N-dealkylation sites (N-methyl/N-ethyl adjacent to an activating group) is 1. The van der Waals surface area contributed by atoms with Gasteiger partial charge in [-0.1, -0.05) is 30.3 Å². The molecule has 1 saturated carbocycles. The highest BCUT2D eigenvalue weighted by Gasteiger charge is 2.52. The van der Waals surface area contributed by atoms with Crippen LogP contribution < -0.4 is 0 Å². The first-order valence-electron chi connectivity index (χ1n) is 6.67. The Hall–Kier alpha value is -1.84. The van der Waals surface area contributed by atoms with E-state index in [0.717, 1.165) is 18.4 Å². The van der Waals surface area contributed by atoms with E-state index in [-0.39, 0.29) is 12.3 Å². The minimum Gasteiger partial charge on any atom is -0.481 e. The molecule has 19 heavy (non-hydrogen) atoms. The van der Waals surface area contributed by atoms with Crippen LogP contribution in [0.4, 0.5) is 0 Å². The minimum atomic E-state index is -0.865. The normalized spacial score (nSPS) is 15.8. The van der Waals surface area contributed by atoms with E-state index in [9.17, 15) is 9.59 Å². The molecule has 1 N–H and O–H groups in total. The third kappa shape index (κ3) is 2.78. The van der Waals surface area contributed by atoms with Gasteiger partial charge in [0.2, 0.25) is 5.91 Å². The Morgan fingerprint density at radius 2 is 1.89 bits per heavy atom. The maximum Gasteiger partial charge on any atom is 0.305 e. The Kier molecular flexibility index (Phi) is 3.88. The fourth-order valence-corrected chi connectivity index (χ4v) is 2.44. The molecule has 1 aliphatic carbocycles. The number of carbonyl (C=O) groups excluding carboxylic acids is 1. The van der Waals surface area contributed by atoms with Gasteiger partial charge in [0.05, 0.1) is 11.8 Å². The molecule has 2 rings (SSSR count). The molecule has 0 spiro atoms. The van der Waals surface area contributed by atoms with Gasteiger partial charge in [-0.3, -0.25) is 9.59 Å². The number of hydrogen-bond acceptors (Lipinski definition) is 2. The molecule has 102 valence electrons. The smallest absolute Gasteiger partial charge is 0.305 e. The number of aliphatic carboxylic acids is 1. The van der Waals surface area contributed by atoms with Crippen LogP contribution in [0.15, 0.2) is 30.3 Å². The summed E-state index contributed by atoms with van der Waals surface area (Å²) in [6.45, 7) is 2.74. The van der Waals surface area contributed by atoms with Crippen molar-refractivity contribution in [3.63, 3.8) is 0 Å². The van der Waals surface area contributed by atoms with E-state index in [1.165, 1.54) is 0 Å². The first-order chi connectivity index (χ1) is 9.10. The molecule has 0 saturated heterocycles. The number of rotatable bonds is 6. The molecular formula is C15H19NO3. The first-order valence-corrected chi connectivity index (χ1v) is 6.67. The van der Waals surface area contributed by atoms with Gasteiger partial charge in [-0.25, -0.2) is 0 Å². The zero-order valence-electron chi connectivity index (χ0n) is 11.1. The van der Waals surface area contributed by atoms with E-state index >= 15 is 0 Å². The van der Waals surface area contributed by atoms with E-state index in [2.05, 4.69) is 0 Å². The number of amides is 1. The highest BCUT2D eigenvalue weighted by molar-refractivity contribution is 5.91. The van der Waals surface area contributed by atoms with Crippen LogP contribution in [-0.2, 0) is 15.0 Å². The predicted octanol–water partition coefficient (Wildman–Crippen LogP) is 2.04. The molecule has 1 fully saturated rings. The zero-order valence-corrected chi connectivity index (χ0v) is 11.1. The van der Waals surface area contributed by atoms with Gasteiger partial charge in [0, 0.05) is 13.1 Å². The fraction of sp³-hybridized carbons (Fsp3) is 0.467. The predicted molar refractivity (Wildman–Crippen MR) is 71.9 cm³/mol. The molecule has 0 atom stereocenters. The number of hydrogen-bond donors (Lipinski definition) is 1. The van der Waals surface area contributed by atoms with Gasteiger partial charge in [-0.2, -0.15) is 0 Å². The van der Waals surface area contributed by atoms with Gasteiger partial charge in [0.25, 0.3) is 0 Å². The summed E-state index contributed by atoms with van der Waals surface area (Å²) in [5.41, 5.74) is 0.657. The Morgan fingerprint density at radius 1 is 1.26 bits per heavy atom. The molecule has 0 radical (unpaired) electrons. The van der Waals surface area contributed by atoms with Crippen molar-refractivity contribution in [2.75, 3.05) is 13.1 Å². The second-order valence-electron chi connectivity index (χ2n) is 4.98. The van der Waals surface area contributed by atoms with Crippen molar-refractivity contribution in [3.05, 3.63) is 35.9 Å². The molecule has 0 heterocycles. The number of nitrogens with zero attached hydrogens (tertiary/aromatic N) is 1. The van der Waals surface area contributed by atoms with Crippen LogP contribution in [0.1, 0.15) is 31.7 Å². The highest BCUT2D eigenvalue weighted by atomic mass is 16.4. The van der Waals surface area contributed by atoms with Crippen molar-refractivity contribution in [1.29, 1.82) is 0 Å². The summed E-state index contributed by atoms with van der Waals surface area (Å²) in [6.07, 6.45) is 1.73. The first kappa shape index (κ1) is 13.6. The number of carboxylic acid groups (broad SMARTS) is 1. The van der Waals surface area contributed by atoms with Crippen molar-refractivity contribution in [3.8, 4) is 0 Å². The van der Waals surface area contributed by atoms with Crippen molar-refractivity contribution < 1.29 is 14.7 Å². The van der Waals surface area contributed by atoms with Crippen molar-refractivity contribution in [1.82, 2.24) is 4.90 Å². The zero-order chi connectivity index (χ0) is 13.9. The quantitative estimate of drug-likeness (QED) is 0.852. The molecule has 4 nitrogen and oxygen atoms in total. The summed E-state index contributed by atoms with van der Waals surface area (Å²) in [5, 5.41) is 8.74. The highest BCUT2D eigenvalue weighted by Crippen LogP contribution is 2.49. The molecule has 0 aliphatic heterocycles. The van der Waals surface area contributed by atoms with Crippen molar-refractivity contribution in [2.45, 2.75) is 31.6 Å². The molecule has 1 aromatic rings. The van der Waals surface area contributed by atoms with Gasteiger partial charge >= 0.3 is 5.97 Å². The van der Waals surface area contributed by atoms with E-state index in [0.29, 0.717) is 13.1 Å². The summed E-state index contributed by atoms with van der Waals surface area (Å²) in [7, 11) is 0. The Morgan fingerprint density at radius 3 is 2.37 bits per heavy atom. The van der Waals surface area contributed by atoms with Crippen molar-refractivity contribution in [2.24, 2.45) is 0 Å². The molecule has 1 aromatic carbocycles. The van der Waals surface area contributed by atoms with Gasteiger partial charge in [0.15, 0.2) is 0 Å². The van der Waals surface area contributed by atoms with Crippen LogP contribution in [0.2, 0.25) is 0 Å². The monoisotopic (exact) mass is 261 g/mol. The maximum atomic E-state index is 12.6. The maximum absolute atomic E-state index is 12.6. The molecule has 1 amide bonds. The molecule has 0 bridgehead atoms. The largest absolute Gasteiger partial charge is 0.481 e. The van der Waals surface area contributed by atoms with Crippen LogP contribution in [0, 0.1) is 0 Å². The van der Waals surface area contributed by atoms with E-state index in [1.54, 1.807) is 4.90 Å². The lowest BCUT2D eigenvalue weighted by Gasteiger charge is -2.26. The van der Waals surface area contributed by atoms with Crippen LogP contribution in [-0.4, -0.2) is 35.0 Å². The average Bonchev–Trinajstić information content (AvgIpc) is 3.21. The van der Waals surface area contributed by atoms with Crippen LogP contribution in [0.25, 0.3) is 0 Å². The lowest BCUT2D eigenvalue weighted by Crippen LogP contribution is -2.40. The lowest BCUT2D eigenvalue weighted by molar-refractivity contribution is -0.139. The molecule has 0 unspecified atom stereocenters. The summed E-state index contributed by atoms with van der Waals surface area (Å²) in [6, 6.07) is 9.78. The average molecular weight is 261 g/mol. The van der Waals surface area contributed by atoms with Crippen molar-refractivity contribution >= 4 is 11.9 Å². The summed E-state index contributed by atoms with van der Waals surface area (Å²) in [5.74, 6) is -0.793. The minimum absolute atomic E-state index is 0.00441. The topological polar surface area (TPSA) is 57.6 Å². The summed E-state index contributed by atoms with van der Waals surface area (Å²) >= 11 is 0. The van der Waals surface area contributed by atoms with Gasteiger partial charge in [0.1, 0.15) is 0 Å². The van der Waals surface area contributed by atoms with Crippen LogP contribution >= 0.6 is 0 Å². The fourth-order valence-electron chi connectivity index (χ4n) is 2.44. The molecule has 0 aromatic heterocycles. The number of carbonyl (C=O) groups is 2. The SMILES string of the molecule is CCN(CCC(=O)O)C(=O)C1(c2ccccc2)CC1. The number of benzene rings is 1. The van der Waals surface area contributed by atoms with E-state index in [1.807, 2.05) is 37.3 Å². The van der Waals surface area contributed by atoms with E-state index in [4.69, 9.17) is 5.11 Å². The number of carboxylic acids is 1. The third-order valence-electron chi connectivity index (χ3n) is 3.75. The van der Waals surface area contributed by atoms with Gasteiger partial charge < -0.3 is 10.0 Å². The molecular weight excluding hydrogens is 242 g/mol. The summed E-state index contributed by atoms with van der Waals surface area (Å²) in [4.78, 5) is 24.9. The van der Waals surface area contributed by atoms with E-state index < -0.39 is 11.4 Å². The third-order valence-corrected chi connectivity index (χ3v) is 3.75. The second-order valence-corrected chi connectivity index (χ2v) is 4.98. The van der Waals surface area contributed by atoms with Gasteiger partial charge in [-0.05, 0) is 25.3 Å².